The molecule has 2 N–H and O–H groups in total. The van der Waals surface area contributed by atoms with Crippen molar-refractivity contribution >= 4 is 5.96 Å². The number of hydrogen-bond donors (Lipinski definition) is 1. The van der Waals surface area contributed by atoms with Gasteiger partial charge in [0.05, 0.1) is 6.04 Å². The predicted molar refractivity (Wildman–Crippen MR) is 59.3 cm³/mol. The van der Waals surface area contributed by atoms with E-state index in [9.17, 15) is 0 Å². The first-order valence-corrected chi connectivity index (χ1v) is 5.91. The third-order valence-corrected chi connectivity index (χ3v) is 3.26. The summed E-state index contributed by atoms with van der Waals surface area (Å²) in [5.41, 5.74) is 6.03. The quantitative estimate of drug-likeness (QED) is 0.550. The van der Waals surface area contributed by atoms with Crippen LogP contribution < -0.4 is 5.73 Å². The number of aliphatic imine (C=N–C) groups is 1. The molecule has 2 rings (SSSR count). The van der Waals surface area contributed by atoms with Gasteiger partial charge in [0.15, 0.2) is 5.96 Å². The van der Waals surface area contributed by atoms with Gasteiger partial charge in [0.2, 0.25) is 0 Å². The highest BCUT2D eigenvalue weighted by Crippen LogP contribution is 2.26. The molecule has 0 aromatic heterocycles. The van der Waals surface area contributed by atoms with Crippen LogP contribution in [0.15, 0.2) is 4.99 Å². The second kappa shape index (κ2) is 4.20. The zero-order chi connectivity index (χ0) is 9.97. The Morgan fingerprint density at radius 2 is 1.93 bits per heavy atom. The van der Waals surface area contributed by atoms with E-state index in [4.69, 9.17) is 5.73 Å². The molecule has 0 unspecified atom stereocenters. The molecule has 0 saturated heterocycles. The summed E-state index contributed by atoms with van der Waals surface area (Å²) in [4.78, 5) is 6.82. The Hall–Kier alpha value is -0.730. The molecule has 0 amide bonds. The molecule has 0 radical (unpaired) electrons. The summed E-state index contributed by atoms with van der Waals surface area (Å²) in [7, 11) is 0. The SMILES string of the molecule is CCN(C(N)=NC1CC1)C1CCCC1. The van der Waals surface area contributed by atoms with Gasteiger partial charge in [-0.05, 0) is 32.6 Å². The van der Waals surface area contributed by atoms with E-state index in [2.05, 4.69) is 16.8 Å². The zero-order valence-corrected chi connectivity index (χ0v) is 9.08. The zero-order valence-electron chi connectivity index (χ0n) is 9.08. The lowest BCUT2D eigenvalue weighted by molar-refractivity contribution is 0.324. The largest absolute Gasteiger partial charge is 0.370 e. The Bertz CT molecular complexity index is 215. The first-order chi connectivity index (χ1) is 6.81. The van der Waals surface area contributed by atoms with Gasteiger partial charge in [-0.2, -0.15) is 0 Å². The lowest BCUT2D eigenvalue weighted by Gasteiger charge is -2.28. The Morgan fingerprint density at radius 1 is 1.29 bits per heavy atom. The lowest BCUT2D eigenvalue weighted by Crippen LogP contribution is -2.43. The molecule has 14 heavy (non-hydrogen) atoms. The van der Waals surface area contributed by atoms with Crippen LogP contribution in [0.1, 0.15) is 45.4 Å². The van der Waals surface area contributed by atoms with Crippen LogP contribution in [-0.4, -0.2) is 29.5 Å². The molecule has 0 bridgehead atoms. The fraction of sp³-hybridized carbons (Fsp3) is 0.909. The molecule has 0 heterocycles. The molecule has 0 aliphatic heterocycles. The number of nitrogens with two attached hydrogens (primary N) is 1. The van der Waals surface area contributed by atoms with Crippen molar-refractivity contribution in [1.29, 1.82) is 0 Å². The standard InChI is InChI=1S/C11H21N3/c1-2-14(10-5-3-4-6-10)11(12)13-9-7-8-9/h9-10H,2-8H2,1H3,(H2,12,13). The second-order valence-electron chi connectivity index (χ2n) is 4.44. The smallest absolute Gasteiger partial charge is 0.191 e. The van der Waals surface area contributed by atoms with E-state index < -0.39 is 0 Å². The first-order valence-electron chi connectivity index (χ1n) is 5.91. The third kappa shape index (κ3) is 2.20. The normalized spacial score (nSPS) is 24.2. The number of rotatable bonds is 3. The van der Waals surface area contributed by atoms with Crippen LogP contribution in [0.5, 0.6) is 0 Å². The number of guanidine groups is 1. The van der Waals surface area contributed by atoms with Crippen molar-refractivity contribution < 1.29 is 0 Å². The van der Waals surface area contributed by atoms with E-state index in [-0.39, 0.29) is 0 Å². The minimum atomic E-state index is 0.547. The van der Waals surface area contributed by atoms with Crippen LogP contribution in [0.2, 0.25) is 0 Å². The van der Waals surface area contributed by atoms with Crippen molar-refractivity contribution in [3.05, 3.63) is 0 Å². The Morgan fingerprint density at radius 3 is 2.43 bits per heavy atom. The second-order valence-corrected chi connectivity index (χ2v) is 4.44. The summed E-state index contributed by atoms with van der Waals surface area (Å²) in [6.45, 7) is 3.18. The van der Waals surface area contributed by atoms with E-state index in [1.807, 2.05) is 0 Å². The molecule has 2 fully saturated rings. The minimum absolute atomic E-state index is 0.547. The summed E-state index contributed by atoms with van der Waals surface area (Å²) in [5.74, 6) is 0.793. The highest BCUT2D eigenvalue weighted by atomic mass is 15.3. The fourth-order valence-corrected chi connectivity index (χ4v) is 2.29. The summed E-state index contributed by atoms with van der Waals surface area (Å²) in [6.07, 6.45) is 7.80. The van der Waals surface area contributed by atoms with Crippen molar-refractivity contribution in [3.8, 4) is 0 Å². The molecular weight excluding hydrogens is 174 g/mol. The maximum atomic E-state index is 6.03. The monoisotopic (exact) mass is 195 g/mol. The molecule has 0 aromatic carbocycles. The minimum Gasteiger partial charge on any atom is -0.370 e. The molecular formula is C11H21N3. The highest BCUT2D eigenvalue weighted by Gasteiger charge is 2.25. The van der Waals surface area contributed by atoms with Gasteiger partial charge in [-0.15, -0.1) is 0 Å². The van der Waals surface area contributed by atoms with Crippen molar-refractivity contribution in [2.24, 2.45) is 10.7 Å². The molecule has 2 aliphatic rings. The Balaban J connectivity index is 1.95. The molecule has 0 aromatic rings. The maximum absolute atomic E-state index is 6.03. The fourth-order valence-electron chi connectivity index (χ4n) is 2.29. The van der Waals surface area contributed by atoms with Crippen LogP contribution >= 0.6 is 0 Å². The highest BCUT2D eigenvalue weighted by molar-refractivity contribution is 5.78. The van der Waals surface area contributed by atoms with E-state index >= 15 is 0 Å². The van der Waals surface area contributed by atoms with Gasteiger partial charge in [0.1, 0.15) is 0 Å². The molecule has 3 heteroatoms. The molecule has 80 valence electrons. The molecule has 0 atom stereocenters. The van der Waals surface area contributed by atoms with Crippen LogP contribution in [0.4, 0.5) is 0 Å². The molecule has 2 aliphatic carbocycles. The van der Waals surface area contributed by atoms with Crippen molar-refractivity contribution in [2.45, 2.75) is 57.5 Å². The van der Waals surface area contributed by atoms with Gasteiger partial charge < -0.3 is 10.6 Å². The van der Waals surface area contributed by atoms with E-state index in [0.717, 1.165) is 12.5 Å². The van der Waals surface area contributed by atoms with Crippen molar-refractivity contribution in [1.82, 2.24) is 4.90 Å². The summed E-state index contributed by atoms with van der Waals surface area (Å²) in [6, 6.07) is 1.22. The number of hydrogen-bond acceptors (Lipinski definition) is 1. The van der Waals surface area contributed by atoms with Gasteiger partial charge >= 0.3 is 0 Å². The van der Waals surface area contributed by atoms with Crippen LogP contribution in [0.3, 0.4) is 0 Å². The number of nitrogens with zero attached hydrogens (tertiary/aromatic N) is 2. The Kier molecular flexibility index (Phi) is 2.94. The van der Waals surface area contributed by atoms with Gasteiger partial charge in [0.25, 0.3) is 0 Å². The van der Waals surface area contributed by atoms with Crippen LogP contribution in [-0.2, 0) is 0 Å². The maximum Gasteiger partial charge on any atom is 0.191 e. The van der Waals surface area contributed by atoms with Crippen LogP contribution in [0, 0.1) is 0 Å². The van der Waals surface area contributed by atoms with Crippen molar-refractivity contribution in [2.75, 3.05) is 6.54 Å². The first kappa shape index (κ1) is 9.81. The molecule has 2 saturated carbocycles. The van der Waals surface area contributed by atoms with Crippen molar-refractivity contribution in [3.63, 3.8) is 0 Å². The van der Waals surface area contributed by atoms with Gasteiger partial charge in [-0.1, -0.05) is 12.8 Å². The Labute approximate surface area is 86.4 Å². The molecule has 0 spiro atoms. The third-order valence-electron chi connectivity index (χ3n) is 3.26. The topological polar surface area (TPSA) is 41.6 Å². The van der Waals surface area contributed by atoms with Crippen LogP contribution in [0.25, 0.3) is 0 Å². The van der Waals surface area contributed by atoms with E-state index in [0.29, 0.717) is 12.1 Å². The van der Waals surface area contributed by atoms with E-state index in [1.165, 1.54) is 38.5 Å². The summed E-state index contributed by atoms with van der Waals surface area (Å²) < 4.78 is 0. The van der Waals surface area contributed by atoms with Gasteiger partial charge in [-0.25, -0.2) is 4.99 Å². The lowest BCUT2D eigenvalue weighted by atomic mass is 10.2. The summed E-state index contributed by atoms with van der Waals surface area (Å²) in [5, 5.41) is 0. The average molecular weight is 195 g/mol. The molecule has 3 nitrogen and oxygen atoms in total. The predicted octanol–water partition coefficient (Wildman–Crippen LogP) is 1.73. The average Bonchev–Trinajstić information content (AvgIpc) is 2.82. The van der Waals surface area contributed by atoms with E-state index in [1.54, 1.807) is 0 Å². The van der Waals surface area contributed by atoms with Gasteiger partial charge in [-0.3, -0.25) is 0 Å². The summed E-state index contributed by atoms with van der Waals surface area (Å²) >= 11 is 0. The van der Waals surface area contributed by atoms with Gasteiger partial charge in [0, 0.05) is 12.6 Å².